The van der Waals surface area contributed by atoms with Crippen LogP contribution in [-0.2, 0) is 23.1 Å². The van der Waals surface area contributed by atoms with Crippen molar-refractivity contribution in [3.63, 3.8) is 0 Å². The number of amides is 1. The summed E-state index contributed by atoms with van der Waals surface area (Å²) in [6.45, 7) is 1.03. The maximum absolute atomic E-state index is 13.3. The van der Waals surface area contributed by atoms with Gasteiger partial charge in [-0.3, -0.25) is 4.79 Å². The summed E-state index contributed by atoms with van der Waals surface area (Å²) in [5.41, 5.74) is 2.98. The van der Waals surface area contributed by atoms with Crippen LogP contribution in [0, 0.1) is 0 Å². The molecule has 2 aromatic carbocycles. The molecule has 2 heterocycles. The minimum atomic E-state index is -4.03. The number of halogens is 1. The molecule has 6 nitrogen and oxygen atoms in total. The third kappa shape index (κ3) is 3.25. The Morgan fingerprint density at radius 1 is 1.04 bits per heavy atom. The Kier molecular flexibility index (Phi) is 4.30. The number of sulfonamides is 1. The fourth-order valence-electron chi connectivity index (χ4n) is 3.28. The van der Waals surface area contributed by atoms with Crippen LogP contribution in [0.2, 0.25) is 5.02 Å². The number of nitrogens with two attached hydrogens (primary N) is 1. The van der Waals surface area contributed by atoms with E-state index in [1.54, 1.807) is 4.90 Å². The van der Waals surface area contributed by atoms with E-state index in [9.17, 15) is 13.2 Å². The minimum absolute atomic E-state index is 0.0146. The van der Waals surface area contributed by atoms with Crippen LogP contribution in [0.4, 0.5) is 5.69 Å². The van der Waals surface area contributed by atoms with Crippen molar-refractivity contribution in [2.45, 2.75) is 18.0 Å². The van der Waals surface area contributed by atoms with E-state index < -0.39 is 10.0 Å². The molecule has 27 heavy (non-hydrogen) atoms. The van der Waals surface area contributed by atoms with Crippen LogP contribution in [0.25, 0.3) is 0 Å². The van der Waals surface area contributed by atoms with Crippen molar-refractivity contribution in [1.29, 1.82) is 0 Å². The number of para-hydroxylation sites is 1. The van der Waals surface area contributed by atoms with Crippen molar-refractivity contribution < 1.29 is 13.2 Å². The molecule has 1 aromatic heterocycles. The highest BCUT2D eigenvalue weighted by Gasteiger charge is 2.26. The molecule has 0 saturated heterocycles. The van der Waals surface area contributed by atoms with E-state index in [1.165, 1.54) is 18.2 Å². The van der Waals surface area contributed by atoms with Crippen LogP contribution < -0.4 is 10.0 Å². The normalized spacial score (nSPS) is 13.6. The van der Waals surface area contributed by atoms with Crippen LogP contribution in [0.15, 0.2) is 65.7 Å². The van der Waals surface area contributed by atoms with Gasteiger partial charge in [-0.15, -0.1) is 0 Å². The first-order valence-electron chi connectivity index (χ1n) is 8.21. The van der Waals surface area contributed by atoms with E-state index in [0.29, 0.717) is 13.1 Å². The van der Waals surface area contributed by atoms with Gasteiger partial charge in [0.05, 0.1) is 11.6 Å². The molecule has 8 heteroatoms. The third-order valence-electron chi connectivity index (χ3n) is 4.60. The Balaban J connectivity index is 1.82. The van der Waals surface area contributed by atoms with E-state index in [-0.39, 0.29) is 21.4 Å². The molecule has 2 N–H and O–H groups in total. The van der Waals surface area contributed by atoms with Crippen molar-refractivity contribution in [3.05, 3.63) is 82.6 Å². The van der Waals surface area contributed by atoms with E-state index in [0.717, 1.165) is 16.9 Å². The number of rotatable bonds is 2. The Labute approximate surface area is 161 Å². The number of anilines is 1. The van der Waals surface area contributed by atoms with Crippen molar-refractivity contribution in [2.24, 2.45) is 5.14 Å². The molecule has 0 saturated carbocycles. The van der Waals surface area contributed by atoms with E-state index in [1.807, 2.05) is 42.6 Å². The van der Waals surface area contributed by atoms with Crippen LogP contribution in [0.3, 0.4) is 0 Å². The first-order chi connectivity index (χ1) is 12.8. The number of hydrogen-bond donors (Lipinski definition) is 1. The highest BCUT2D eigenvalue weighted by molar-refractivity contribution is 7.89. The third-order valence-corrected chi connectivity index (χ3v) is 5.99. The SMILES string of the molecule is NS(=O)(=O)c1cc(C(=O)N2Cc3cccn3Cc3ccccc32)ccc1Cl. The van der Waals surface area contributed by atoms with Gasteiger partial charge >= 0.3 is 0 Å². The van der Waals surface area contributed by atoms with Crippen LogP contribution in [0.1, 0.15) is 21.6 Å². The van der Waals surface area contributed by atoms with Gasteiger partial charge in [-0.1, -0.05) is 29.8 Å². The summed E-state index contributed by atoms with van der Waals surface area (Å²) < 4.78 is 25.6. The summed E-state index contributed by atoms with van der Waals surface area (Å²) in [7, 11) is -4.03. The maximum atomic E-state index is 13.3. The topological polar surface area (TPSA) is 85.4 Å². The lowest BCUT2D eigenvalue weighted by molar-refractivity contribution is 0.0984. The molecule has 1 aliphatic rings. The summed E-state index contributed by atoms with van der Waals surface area (Å²) in [6.07, 6.45) is 1.97. The van der Waals surface area contributed by atoms with Gasteiger partial charge in [-0.05, 0) is 42.0 Å². The molecular weight excluding hydrogens is 386 g/mol. The Morgan fingerprint density at radius 2 is 1.81 bits per heavy atom. The van der Waals surface area contributed by atoms with Gasteiger partial charge in [-0.25, -0.2) is 13.6 Å². The van der Waals surface area contributed by atoms with Crippen molar-refractivity contribution >= 4 is 33.2 Å². The summed E-state index contributed by atoms with van der Waals surface area (Å²) in [5, 5.41) is 5.20. The standard InChI is InChI=1S/C19H16ClN3O3S/c20-16-8-7-13(10-18(16)27(21,25)26)19(24)23-12-15-5-3-9-22(15)11-14-4-1-2-6-17(14)23/h1-10H,11-12H2,(H2,21,25,26). The zero-order chi connectivity index (χ0) is 19.2. The monoisotopic (exact) mass is 401 g/mol. The van der Waals surface area contributed by atoms with Gasteiger partial charge in [-0.2, -0.15) is 0 Å². The second-order valence-electron chi connectivity index (χ2n) is 6.34. The van der Waals surface area contributed by atoms with Gasteiger partial charge in [0.15, 0.2) is 0 Å². The Bertz CT molecular complexity index is 1150. The summed E-state index contributed by atoms with van der Waals surface area (Å²) in [6, 6.07) is 15.7. The fourth-order valence-corrected chi connectivity index (χ4v) is 4.35. The van der Waals surface area contributed by atoms with Gasteiger partial charge in [0.1, 0.15) is 4.90 Å². The summed E-state index contributed by atoms with van der Waals surface area (Å²) in [4.78, 5) is 14.7. The molecule has 3 aromatic rings. The predicted molar refractivity (Wildman–Crippen MR) is 103 cm³/mol. The smallest absolute Gasteiger partial charge is 0.258 e. The Morgan fingerprint density at radius 3 is 2.59 bits per heavy atom. The van der Waals surface area contributed by atoms with Gasteiger partial charge in [0.25, 0.3) is 5.91 Å². The molecule has 0 radical (unpaired) electrons. The second-order valence-corrected chi connectivity index (χ2v) is 8.27. The van der Waals surface area contributed by atoms with Crippen LogP contribution in [-0.4, -0.2) is 18.9 Å². The second kappa shape index (κ2) is 6.53. The first-order valence-corrected chi connectivity index (χ1v) is 10.1. The maximum Gasteiger partial charge on any atom is 0.258 e. The molecular formula is C19H16ClN3O3S. The zero-order valence-corrected chi connectivity index (χ0v) is 15.7. The Hall–Kier alpha value is -2.61. The number of aromatic nitrogens is 1. The molecule has 1 aliphatic heterocycles. The lowest BCUT2D eigenvalue weighted by Crippen LogP contribution is -2.30. The minimum Gasteiger partial charge on any atom is -0.345 e. The van der Waals surface area contributed by atoms with E-state index in [4.69, 9.17) is 16.7 Å². The quantitative estimate of drug-likeness (QED) is 0.716. The number of carbonyl (C=O) groups excluding carboxylic acids is 1. The molecule has 4 rings (SSSR count). The molecule has 0 atom stereocenters. The van der Waals surface area contributed by atoms with Gasteiger partial charge in [0.2, 0.25) is 10.0 Å². The number of hydrogen-bond acceptors (Lipinski definition) is 3. The highest BCUT2D eigenvalue weighted by Crippen LogP contribution is 2.30. The molecule has 0 unspecified atom stereocenters. The average Bonchev–Trinajstić information content (AvgIpc) is 2.99. The highest BCUT2D eigenvalue weighted by atomic mass is 35.5. The van der Waals surface area contributed by atoms with Gasteiger partial charge in [0, 0.05) is 29.7 Å². The molecule has 138 valence electrons. The lowest BCUT2D eigenvalue weighted by Gasteiger charge is -2.23. The molecule has 1 amide bonds. The predicted octanol–water partition coefficient (Wildman–Crippen LogP) is 3.00. The zero-order valence-electron chi connectivity index (χ0n) is 14.2. The number of fused-ring (bicyclic) bond motifs is 2. The van der Waals surface area contributed by atoms with E-state index in [2.05, 4.69) is 4.57 Å². The number of benzene rings is 2. The summed E-state index contributed by atoms with van der Waals surface area (Å²) in [5.74, 6) is -0.321. The van der Waals surface area contributed by atoms with Crippen LogP contribution >= 0.6 is 11.6 Å². The average molecular weight is 402 g/mol. The molecule has 0 aliphatic carbocycles. The molecule has 0 bridgehead atoms. The fraction of sp³-hybridized carbons (Fsp3) is 0.105. The van der Waals surface area contributed by atoms with E-state index >= 15 is 0 Å². The largest absolute Gasteiger partial charge is 0.345 e. The number of nitrogens with zero attached hydrogens (tertiary/aromatic N) is 2. The summed E-state index contributed by atoms with van der Waals surface area (Å²) >= 11 is 5.94. The van der Waals surface area contributed by atoms with Crippen LogP contribution in [0.5, 0.6) is 0 Å². The van der Waals surface area contributed by atoms with Gasteiger partial charge < -0.3 is 9.47 Å². The van der Waals surface area contributed by atoms with Crippen molar-refractivity contribution in [2.75, 3.05) is 4.90 Å². The number of primary sulfonamides is 1. The number of carbonyl (C=O) groups is 1. The first kappa shape index (κ1) is 17.8. The molecule has 0 spiro atoms. The molecule has 0 fully saturated rings. The lowest BCUT2D eigenvalue weighted by atomic mass is 10.1. The van der Waals surface area contributed by atoms with Crippen molar-refractivity contribution in [1.82, 2.24) is 4.57 Å². The van der Waals surface area contributed by atoms with Crippen molar-refractivity contribution in [3.8, 4) is 0 Å².